The zero-order valence-electron chi connectivity index (χ0n) is 9.98. The zero-order valence-corrected chi connectivity index (χ0v) is 9.98. The van der Waals surface area contributed by atoms with Crippen molar-refractivity contribution in [3.05, 3.63) is 29.6 Å². The normalized spacial score (nSPS) is 13.6. The van der Waals surface area contributed by atoms with Crippen LogP contribution in [0.4, 0.5) is 0 Å². The molecule has 0 spiro atoms. The number of rotatable bonds is 6. The summed E-state index contributed by atoms with van der Waals surface area (Å²) in [5, 5.41) is 29.3. The molecule has 0 saturated heterocycles. The lowest BCUT2D eigenvalue weighted by Gasteiger charge is -2.20. The maximum atomic E-state index is 11.7. The van der Waals surface area contributed by atoms with E-state index in [-0.39, 0.29) is 11.3 Å². The van der Waals surface area contributed by atoms with Crippen molar-refractivity contribution >= 4 is 11.8 Å². The van der Waals surface area contributed by atoms with E-state index in [1.165, 1.54) is 12.1 Å². The number of pyridine rings is 1. The van der Waals surface area contributed by atoms with E-state index in [0.717, 1.165) is 6.20 Å². The van der Waals surface area contributed by atoms with Crippen LogP contribution in [0.2, 0.25) is 0 Å². The Morgan fingerprint density at radius 1 is 1.32 bits per heavy atom. The second-order valence-electron chi connectivity index (χ2n) is 3.81. The van der Waals surface area contributed by atoms with Crippen molar-refractivity contribution in [3.8, 4) is 0 Å². The van der Waals surface area contributed by atoms with Gasteiger partial charge in [-0.3, -0.25) is 14.6 Å². The van der Waals surface area contributed by atoms with E-state index in [2.05, 4.69) is 10.3 Å². The number of nitrogens with zero attached hydrogens (tertiary/aromatic N) is 1. The lowest BCUT2D eigenvalue weighted by atomic mass is 10.1. The van der Waals surface area contributed by atoms with Crippen LogP contribution in [0.25, 0.3) is 0 Å². The van der Waals surface area contributed by atoms with Gasteiger partial charge in [-0.1, -0.05) is 0 Å². The van der Waals surface area contributed by atoms with Gasteiger partial charge >= 0.3 is 0 Å². The second kappa shape index (κ2) is 6.78. The zero-order chi connectivity index (χ0) is 14.4. The summed E-state index contributed by atoms with van der Waals surface area (Å²) in [4.78, 5) is 26.3. The molecule has 0 aliphatic heterocycles. The van der Waals surface area contributed by atoms with Gasteiger partial charge in [0.25, 0.3) is 5.91 Å². The Hall–Kier alpha value is -2.03. The van der Waals surface area contributed by atoms with Crippen LogP contribution >= 0.6 is 0 Å². The highest BCUT2D eigenvalue weighted by molar-refractivity contribution is 5.95. The molecule has 0 radical (unpaired) electrons. The van der Waals surface area contributed by atoms with Crippen LogP contribution < -0.4 is 11.1 Å². The molecule has 1 aromatic heterocycles. The van der Waals surface area contributed by atoms with Gasteiger partial charge in [-0.2, -0.15) is 0 Å². The first-order valence-electron chi connectivity index (χ1n) is 5.46. The summed E-state index contributed by atoms with van der Waals surface area (Å²) in [7, 11) is 0. The van der Waals surface area contributed by atoms with Gasteiger partial charge in [0.05, 0.1) is 30.9 Å². The van der Waals surface area contributed by atoms with E-state index in [9.17, 15) is 14.7 Å². The van der Waals surface area contributed by atoms with Gasteiger partial charge < -0.3 is 26.4 Å². The van der Waals surface area contributed by atoms with Gasteiger partial charge in [-0.05, 0) is 12.1 Å². The quantitative estimate of drug-likeness (QED) is 0.390. The fourth-order valence-corrected chi connectivity index (χ4v) is 1.31. The molecular formula is C11H15N3O5. The van der Waals surface area contributed by atoms with Crippen LogP contribution in [0.3, 0.4) is 0 Å². The number of carbonyl (C=O) groups excluding carboxylic acids is 2. The SMILES string of the molecule is NC(=O)c1ccc(C(=O)NC(CO)C(O)CO)nc1. The predicted octanol–water partition coefficient (Wildman–Crippen LogP) is -2.38. The third-order valence-electron chi connectivity index (χ3n) is 2.45. The third kappa shape index (κ3) is 3.98. The predicted molar refractivity (Wildman–Crippen MR) is 64.2 cm³/mol. The van der Waals surface area contributed by atoms with E-state index >= 15 is 0 Å². The van der Waals surface area contributed by atoms with Crippen molar-refractivity contribution in [1.29, 1.82) is 0 Å². The van der Waals surface area contributed by atoms with Gasteiger partial charge in [0, 0.05) is 6.20 Å². The summed E-state index contributed by atoms with van der Waals surface area (Å²) >= 11 is 0. The maximum Gasteiger partial charge on any atom is 0.270 e. The highest BCUT2D eigenvalue weighted by atomic mass is 16.3. The van der Waals surface area contributed by atoms with Crippen LogP contribution in [0.1, 0.15) is 20.8 Å². The minimum Gasteiger partial charge on any atom is -0.394 e. The van der Waals surface area contributed by atoms with Crippen molar-refractivity contribution < 1.29 is 24.9 Å². The Balaban J connectivity index is 2.74. The number of aromatic nitrogens is 1. The van der Waals surface area contributed by atoms with Crippen molar-refractivity contribution in [3.63, 3.8) is 0 Å². The number of nitrogens with two attached hydrogens (primary N) is 1. The fourth-order valence-electron chi connectivity index (χ4n) is 1.31. The molecular weight excluding hydrogens is 254 g/mol. The number of aliphatic hydroxyl groups is 3. The first-order chi connectivity index (χ1) is 8.99. The standard InChI is InChI=1S/C11H15N3O5/c12-10(18)6-1-2-7(13-3-6)11(19)14-8(4-15)9(17)5-16/h1-3,8-9,15-17H,4-5H2,(H2,12,18)(H,14,19). The first-order valence-corrected chi connectivity index (χ1v) is 5.46. The summed E-state index contributed by atoms with van der Waals surface area (Å²) in [5.74, 6) is -1.31. The summed E-state index contributed by atoms with van der Waals surface area (Å²) in [6.45, 7) is -1.13. The van der Waals surface area contributed by atoms with Crippen molar-refractivity contribution in [2.75, 3.05) is 13.2 Å². The maximum absolute atomic E-state index is 11.7. The number of amides is 2. The highest BCUT2D eigenvalue weighted by Crippen LogP contribution is 2.01. The second-order valence-corrected chi connectivity index (χ2v) is 3.81. The molecule has 19 heavy (non-hydrogen) atoms. The van der Waals surface area contributed by atoms with Crippen LogP contribution in [0.5, 0.6) is 0 Å². The lowest BCUT2D eigenvalue weighted by Crippen LogP contribution is -2.47. The molecule has 1 rings (SSSR count). The Morgan fingerprint density at radius 3 is 2.42 bits per heavy atom. The molecule has 0 aromatic carbocycles. The van der Waals surface area contributed by atoms with Gasteiger partial charge in [-0.25, -0.2) is 0 Å². The molecule has 2 atom stereocenters. The highest BCUT2D eigenvalue weighted by Gasteiger charge is 2.21. The van der Waals surface area contributed by atoms with Gasteiger partial charge in [-0.15, -0.1) is 0 Å². The summed E-state index contributed by atoms with van der Waals surface area (Å²) in [5.41, 5.74) is 5.18. The molecule has 1 heterocycles. The van der Waals surface area contributed by atoms with Crippen molar-refractivity contribution in [2.45, 2.75) is 12.1 Å². The number of primary amides is 1. The van der Waals surface area contributed by atoms with Gasteiger partial charge in [0.15, 0.2) is 0 Å². The van der Waals surface area contributed by atoms with Crippen LogP contribution in [0.15, 0.2) is 18.3 Å². The smallest absolute Gasteiger partial charge is 0.270 e. The Labute approximate surface area is 108 Å². The fraction of sp³-hybridized carbons (Fsp3) is 0.364. The minimum absolute atomic E-state index is 0.00594. The minimum atomic E-state index is -1.28. The Kier molecular flexibility index (Phi) is 5.37. The number of hydrogen-bond acceptors (Lipinski definition) is 6. The van der Waals surface area contributed by atoms with Crippen LogP contribution in [-0.4, -0.2) is 57.5 Å². The molecule has 0 saturated carbocycles. The van der Waals surface area contributed by atoms with Crippen LogP contribution in [0, 0.1) is 0 Å². The van der Waals surface area contributed by atoms with E-state index in [0.29, 0.717) is 0 Å². The van der Waals surface area contributed by atoms with E-state index < -0.39 is 37.2 Å². The van der Waals surface area contributed by atoms with Gasteiger partial charge in [0.2, 0.25) is 5.91 Å². The number of aliphatic hydroxyl groups excluding tert-OH is 3. The number of hydrogen-bond donors (Lipinski definition) is 5. The molecule has 104 valence electrons. The number of carbonyl (C=O) groups is 2. The molecule has 2 unspecified atom stereocenters. The lowest BCUT2D eigenvalue weighted by molar-refractivity contribution is 0.0388. The van der Waals surface area contributed by atoms with Crippen molar-refractivity contribution in [1.82, 2.24) is 10.3 Å². The van der Waals surface area contributed by atoms with E-state index in [1.54, 1.807) is 0 Å². The summed E-state index contributed by atoms with van der Waals surface area (Å²) in [6, 6.07) is 1.62. The molecule has 0 bridgehead atoms. The monoisotopic (exact) mass is 269 g/mol. The molecule has 2 amide bonds. The topological polar surface area (TPSA) is 146 Å². The molecule has 0 aliphatic rings. The molecule has 8 heteroatoms. The number of nitrogens with one attached hydrogen (secondary N) is 1. The molecule has 0 fully saturated rings. The van der Waals surface area contributed by atoms with Crippen molar-refractivity contribution in [2.24, 2.45) is 5.73 Å². The van der Waals surface area contributed by atoms with Gasteiger partial charge in [0.1, 0.15) is 5.69 Å². The Bertz CT molecular complexity index is 448. The molecule has 6 N–H and O–H groups in total. The third-order valence-corrected chi connectivity index (χ3v) is 2.45. The summed E-state index contributed by atoms with van der Waals surface area (Å²) < 4.78 is 0. The molecule has 1 aromatic rings. The van der Waals surface area contributed by atoms with E-state index in [4.69, 9.17) is 15.9 Å². The van der Waals surface area contributed by atoms with E-state index in [1.807, 2.05) is 0 Å². The largest absolute Gasteiger partial charge is 0.394 e. The Morgan fingerprint density at radius 2 is 2.00 bits per heavy atom. The summed E-state index contributed by atoms with van der Waals surface area (Å²) in [6.07, 6.45) is -0.132. The molecule has 0 aliphatic carbocycles. The average Bonchev–Trinajstić information content (AvgIpc) is 2.43. The average molecular weight is 269 g/mol. The first kappa shape index (κ1) is 15.0. The van der Waals surface area contributed by atoms with Crippen LogP contribution in [-0.2, 0) is 0 Å². The molecule has 8 nitrogen and oxygen atoms in total.